The Morgan fingerprint density at radius 3 is 2.12 bits per heavy atom. The number of hydrogen-bond donors (Lipinski definition) is 8. The van der Waals surface area contributed by atoms with Gasteiger partial charge in [0.15, 0.2) is 12.4 Å². The topological polar surface area (TPSA) is 262 Å². The first-order valence-electron chi connectivity index (χ1n) is 9.73. The van der Waals surface area contributed by atoms with E-state index in [1.165, 1.54) is 0 Å². The van der Waals surface area contributed by atoms with Gasteiger partial charge in [-0.1, -0.05) is 0 Å². The average Bonchev–Trinajstić information content (AvgIpc) is 3.03. The minimum atomic E-state index is -2.41. The number of aliphatic hydroxyl groups excluding tert-OH is 7. The second-order valence-corrected chi connectivity index (χ2v) is 7.49. The van der Waals surface area contributed by atoms with Gasteiger partial charge in [0.05, 0.1) is 19.2 Å². The Labute approximate surface area is 230 Å². The van der Waals surface area contributed by atoms with Gasteiger partial charge in [0.2, 0.25) is 5.79 Å². The fraction of sp³-hybridized carbons (Fsp3) is 0.882. The van der Waals surface area contributed by atoms with Crippen LogP contribution < -0.4 is 62.2 Å². The van der Waals surface area contributed by atoms with Crippen LogP contribution >= 0.6 is 0 Å². The van der Waals surface area contributed by atoms with Gasteiger partial charge >= 0.3 is 57.4 Å². The second kappa shape index (κ2) is 13.4. The van der Waals surface area contributed by atoms with Gasteiger partial charge in [0.1, 0.15) is 43.2 Å². The van der Waals surface area contributed by atoms with Crippen molar-refractivity contribution in [2.24, 2.45) is 5.73 Å². The minimum absolute atomic E-state index is 0. The molecule has 2 aliphatic rings. The van der Waals surface area contributed by atoms with Crippen LogP contribution in [0.2, 0.25) is 0 Å². The summed E-state index contributed by atoms with van der Waals surface area (Å²) in [5.74, 6) is -5.08. The third kappa shape index (κ3) is 7.10. The number of ether oxygens (including phenoxy) is 4. The maximum atomic E-state index is 12.2. The molecule has 0 radical (unpaired) electrons. The van der Waals surface area contributed by atoms with Gasteiger partial charge in [-0.3, -0.25) is 4.79 Å². The van der Waals surface area contributed by atoms with E-state index in [1.54, 1.807) is 0 Å². The normalized spacial score (nSPS) is 39.5. The Morgan fingerprint density at radius 1 is 1.00 bits per heavy atom. The number of carbonyl (C=O) groups is 2. The fourth-order valence-corrected chi connectivity index (χ4v) is 3.37. The summed E-state index contributed by atoms with van der Waals surface area (Å²) in [5, 5.41) is 79.7. The van der Waals surface area contributed by atoms with E-state index in [0.29, 0.717) is 0 Å². The van der Waals surface area contributed by atoms with Crippen molar-refractivity contribution in [3.63, 3.8) is 0 Å². The summed E-state index contributed by atoms with van der Waals surface area (Å²) in [6.07, 6.45) is -14.5. The third-order valence-electron chi connectivity index (χ3n) is 5.26. The summed E-state index contributed by atoms with van der Waals surface area (Å²) in [6.45, 7) is -2.69. The van der Waals surface area contributed by atoms with Crippen LogP contribution in [0.4, 0.5) is 0 Å². The molecule has 9 N–H and O–H groups in total. The average molecular weight is 510 g/mol. The summed E-state index contributed by atoms with van der Waals surface area (Å²) in [5.41, 5.74) is 5.26. The van der Waals surface area contributed by atoms with Crippen molar-refractivity contribution in [3.8, 4) is 0 Å². The predicted octanol–water partition coefficient (Wildman–Crippen LogP) is -9.98. The van der Waals surface area contributed by atoms with Crippen molar-refractivity contribution in [2.45, 2.75) is 73.7 Å². The van der Waals surface area contributed by atoms with Crippen LogP contribution in [-0.4, -0.2) is 128 Å². The van der Waals surface area contributed by atoms with Gasteiger partial charge in [-0.15, -0.1) is 0 Å². The van der Waals surface area contributed by atoms with E-state index in [4.69, 9.17) is 24.7 Å². The molecule has 0 aromatic heterocycles. The molecule has 2 rings (SSSR count). The van der Waals surface area contributed by atoms with Crippen LogP contribution in [0.15, 0.2) is 0 Å². The maximum Gasteiger partial charge on any atom is 1.00 e. The summed E-state index contributed by atoms with van der Waals surface area (Å²) in [7, 11) is 0. The number of aliphatic carboxylic acids is 1. The van der Waals surface area contributed by atoms with Crippen molar-refractivity contribution >= 4 is 11.9 Å². The van der Waals surface area contributed by atoms with Gasteiger partial charge in [-0.25, -0.2) is 0 Å². The summed E-state index contributed by atoms with van der Waals surface area (Å²) >= 11 is 0. The molecule has 1 unspecified atom stereocenters. The summed E-state index contributed by atoms with van der Waals surface area (Å²) in [4.78, 5) is 22.8. The summed E-state index contributed by atoms with van der Waals surface area (Å²) in [6, 6.07) is -1.47. The zero-order valence-electron chi connectivity index (χ0n) is 17.8. The van der Waals surface area contributed by atoms with Crippen molar-refractivity contribution in [3.05, 3.63) is 0 Å². The predicted molar refractivity (Wildman–Crippen MR) is 94.7 cm³/mol. The molecule has 186 valence electrons. The quantitative estimate of drug-likeness (QED) is 0.100. The number of carbonyl (C=O) groups excluding carboxylic acids is 2. The first-order chi connectivity index (χ1) is 15.0. The van der Waals surface area contributed by atoms with Crippen molar-refractivity contribution in [1.82, 2.24) is 0 Å². The van der Waals surface area contributed by atoms with Crippen molar-refractivity contribution in [2.75, 3.05) is 19.8 Å². The molecule has 16 heteroatoms. The van der Waals surface area contributed by atoms with Gasteiger partial charge in [-0.05, 0) is 6.42 Å². The van der Waals surface area contributed by atoms with Gasteiger partial charge < -0.3 is 70.3 Å². The van der Waals surface area contributed by atoms with E-state index in [0.717, 1.165) is 0 Å². The maximum absolute atomic E-state index is 12.2. The molecule has 33 heavy (non-hydrogen) atoms. The number of carboxylic acid groups (broad SMARTS) is 1. The second-order valence-electron chi connectivity index (χ2n) is 7.49. The van der Waals surface area contributed by atoms with Gasteiger partial charge in [-0.2, -0.15) is 0 Å². The molecule has 0 amide bonds. The van der Waals surface area contributed by atoms with E-state index in [9.17, 15) is 50.4 Å². The molecular weight excluding hydrogens is 481 g/mol. The van der Waals surface area contributed by atoms with Gasteiger partial charge in [0, 0.05) is 12.5 Å². The molecule has 15 nitrogen and oxygen atoms in total. The first-order valence-corrected chi connectivity index (χ1v) is 9.73. The zero-order valence-corrected chi connectivity index (χ0v) is 20.9. The van der Waals surface area contributed by atoms with Crippen LogP contribution in [0.25, 0.3) is 0 Å². The molecule has 2 saturated heterocycles. The molecule has 0 aliphatic carbocycles. The number of carboxylic acids is 1. The first kappa shape index (κ1) is 31.2. The standard InChI is InChI=1S/C17H29NO14.K/c18-6(15(27)28)1-2-9(22)30-14-11(24)8(4-20)31-17(14,5-21)32-16-13(26)12(25)10(23)7(3-19)29-16;/h6-8,10-14,16,19-21,23-26H,1-5,18H2,(H,27,28);/q;+1/p-1/t6?,7-,8-,10-,11-,12+,13-,14+,16-,17+;/m1./s1. The van der Waals surface area contributed by atoms with Crippen molar-refractivity contribution < 1.29 is 121 Å². The smallest absolute Gasteiger partial charge is 0.548 e. The van der Waals surface area contributed by atoms with E-state index in [2.05, 4.69) is 0 Å². The Hall–Kier alpha value is 0.136. The van der Waals surface area contributed by atoms with E-state index in [-0.39, 0.29) is 57.8 Å². The molecule has 0 saturated carbocycles. The van der Waals surface area contributed by atoms with E-state index in [1.807, 2.05) is 0 Å². The molecule has 2 heterocycles. The molecule has 10 atom stereocenters. The third-order valence-corrected chi connectivity index (χ3v) is 5.26. The molecule has 0 aromatic carbocycles. The zero-order chi connectivity index (χ0) is 24.2. The monoisotopic (exact) mass is 509 g/mol. The van der Waals surface area contributed by atoms with E-state index >= 15 is 0 Å². The Bertz CT molecular complexity index is 655. The minimum Gasteiger partial charge on any atom is -0.548 e. The Kier molecular flexibility index (Phi) is 12.7. The number of rotatable bonds is 10. The van der Waals surface area contributed by atoms with Crippen LogP contribution in [0.3, 0.4) is 0 Å². The number of aliphatic hydroxyl groups is 7. The molecule has 0 aromatic rings. The van der Waals surface area contributed by atoms with Crippen LogP contribution in [0.1, 0.15) is 12.8 Å². The van der Waals surface area contributed by atoms with Crippen LogP contribution in [0.5, 0.6) is 0 Å². The largest absolute Gasteiger partial charge is 1.00 e. The van der Waals surface area contributed by atoms with Crippen molar-refractivity contribution in [1.29, 1.82) is 0 Å². The molecule has 2 aliphatic heterocycles. The number of nitrogens with two attached hydrogens (primary N) is 1. The fourth-order valence-electron chi connectivity index (χ4n) is 3.37. The molecule has 0 bridgehead atoms. The number of hydrogen-bond acceptors (Lipinski definition) is 15. The summed E-state index contributed by atoms with van der Waals surface area (Å²) < 4.78 is 21.0. The van der Waals surface area contributed by atoms with Gasteiger partial charge in [0.25, 0.3) is 0 Å². The van der Waals surface area contributed by atoms with E-state index < -0.39 is 99.0 Å². The van der Waals surface area contributed by atoms with Crippen LogP contribution in [-0.2, 0) is 28.5 Å². The molecule has 2 fully saturated rings. The molecular formula is C17H28KNO14. The Balaban J connectivity index is 0.00000544. The SMILES string of the molecule is NC(CCC(=O)O[C@H]1[C@H](O)[C@@H](CO)O[C@@]1(CO)O[C@H]1O[C@H](CO)[C@@H](O)[C@H](O)[C@H]1O)C(=O)[O-].[K+]. The van der Waals surface area contributed by atoms with Crippen LogP contribution in [0, 0.1) is 0 Å². The number of esters is 1. The Morgan fingerprint density at radius 2 is 1.61 bits per heavy atom. The molecule has 0 spiro atoms.